The number of hydrogen-bond donors (Lipinski definition) is 0. The number of para-hydroxylation sites is 1. The zero-order valence-corrected chi connectivity index (χ0v) is 12.5. The largest absolute Gasteiger partial charge is 0.467 e. The lowest BCUT2D eigenvalue weighted by Gasteiger charge is -2.26. The van der Waals surface area contributed by atoms with Gasteiger partial charge in [-0.25, -0.2) is 0 Å². The third-order valence-corrected chi connectivity index (χ3v) is 4.85. The summed E-state index contributed by atoms with van der Waals surface area (Å²) in [6.45, 7) is 3.71. The van der Waals surface area contributed by atoms with Gasteiger partial charge in [0.25, 0.3) is 0 Å². The molecule has 1 fully saturated rings. The molecule has 110 valence electrons. The van der Waals surface area contributed by atoms with Crippen LogP contribution in [0.5, 0.6) is 5.75 Å². The Bertz CT molecular complexity index is 645. The number of rotatable bonds is 2. The molecule has 1 unspecified atom stereocenters. The fraction of sp³-hybridized carbons (Fsp3) is 0.375. The molecular weight excluding hydrogens is 288 g/mol. The fourth-order valence-corrected chi connectivity index (χ4v) is 3.82. The fourth-order valence-electron chi connectivity index (χ4n) is 2.76. The quantitative estimate of drug-likeness (QED) is 0.850. The first kappa shape index (κ1) is 13.3. The number of benzene rings is 1. The van der Waals surface area contributed by atoms with Gasteiger partial charge in [-0.1, -0.05) is 18.2 Å². The highest BCUT2D eigenvalue weighted by Crippen LogP contribution is 2.41. The Morgan fingerprint density at radius 1 is 1.05 bits per heavy atom. The van der Waals surface area contributed by atoms with Crippen LogP contribution in [0, 0.1) is 6.92 Å². The van der Waals surface area contributed by atoms with Crippen molar-refractivity contribution in [2.24, 2.45) is 0 Å². The van der Waals surface area contributed by atoms with Crippen LogP contribution in [0.25, 0.3) is 0 Å². The zero-order valence-electron chi connectivity index (χ0n) is 11.7. The van der Waals surface area contributed by atoms with E-state index in [0.29, 0.717) is 13.2 Å². The van der Waals surface area contributed by atoms with Crippen molar-refractivity contribution in [2.45, 2.75) is 19.3 Å². The van der Waals surface area contributed by atoms with Crippen molar-refractivity contribution in [1.29, 1.82) is 0 Å². The summed E-state index contributed by atoms with van der Waals surface area (Å²) in [6.07, 6.45) is -0.307. The van der Waals surface area contributed by atoms with Gasteiger partial charge in [-0.3, -0.25) is 0 Å². The van der Waals surface area contributed by atoms with E-state index in [2.05, 4.69) is 19.1 Å². The monoisotopic (exact) mass is 304 g/mol. The number of fused-ring (bicyclic) bond motifs is 1. The first-order chi connectivity index (χ1) is 10.3. The lowest BCUT2D eigenvalue weighted by molar-refractivity contribution is -0.0444. The van der Waals surface area contributed by atoms with Crippen LogP contribution in [0.15, 0.2) is 30.3 Å². The highest BCUT2D eigenvalue weighted by molar-refractivity contribution is 7.12. The molecule has 2 aliphatic rings. The van der Waals surface area contributed by atoms with Crippen LogP contribution in [-0.4, -0.2) is 20.0 Å². The second kappa shape index (κ2) is 5.42. The van der Waals surface area contributed by atoms with Crippen LogP contribution in [-0.2, 0) is 14.2 Å². The van der Waals surface area contributed by atoms with Gasteiger partial charge in [0.1, 0.15) is 11.9 Å². The van der Waals surface area contributed by atoms with Crippen molar-refractivity contribution in [3.63, 3.8) is 0 Å². The van der Waals surface area contributed by atoms with Gasteiger partial charge in [0.15, 0.2) is 13.1 Å². The Hall–Kier alpha value is -1.40. The summed E-state index contributed by atoms with van der Waals surface area (Å²) < 4.78 is 22.6. The van der Waals surface area contributed by atoms with E-state index >= 15 is 0 Å². The van der Waals surface area contributed by atoms with E-state index in [1.807, 2.05) is 18.2 Å². The first-order valence-electron chi connectivity index (χ1n) is 6.99. The standard InChI is InChI=1S/C16H16O4S/c1-10-12(8-14(21-10)16-17-6-7-18-16)15-11-4-2-3-5-13(11)19-9-20-15/h2-5,8,15-16H,6-7,9H2,1H3. The summed E-state index contributed by atoms with van der Waals surface area (Å²) in [7, 11) is 0. The number of hydrogen-bond acceptors (Lipinski definition) is 5. The average molecular weight is 304 g/mol. The van der Waals surface area contributed by atoms with E-state index < -0.39 is 0 Å². The van der Waals surface area contributed by atoms with Gasteiger partial charge in [0, 0.05) is 10.4 Å². The molecule has 1 aromatic heterocycles. The van der Waals surface area contributed by atoms with Crippen molar-refractivity contribution in [2.75, 3.05) is 20.0 Å². The molecule has 0 bridgehead atoms. The Kier molecular flexibility index (Phi) is 3.43. The van der Waals surface area contributed by atoms with Crippen molar-refractivity contribution in [3.05, 3.63) is 51.2 Å². The number of aryl methyl sites for hydroxylation is 1. The minimum Gasteiger partial charge on any atom is -0.467 e. The first-order valence-corrected chi connectivity index (χ1v) is 7.81. The van der Waals surface area contributed by atoms with Gasteiger partial charge >= 0.3 is 0 Å². The lowest BCUT2D eigenvalue weighted by atomic mass is 10.0. The normalized spacial score (nSPS) is 22.0. The molecule has 0 aliphatic carbocycles. The SMILES string of the molecule is Cc1sc(C2OCCO2)cc1C1OCOc2ccccc21. The van der Waals surface area contributed by atoms with E-state index in [-0.39, 0.29) is 19.2 Å². The highest BCUT2D eigenvalue weighted by Gasteiger charge is 2.28. The second-order valence-corrected chi connectivity index (χ2v) is 6.37. The van der Waals surface area contributed by atoms with Gasteiger partial charge in [-0.2, -0.15) is 0 Å². The molecule has 0 saturated carbocycles. The second-order valence-electron chi connectivity index (χ2n) is 5.08. The van der Waals surface area contributed by atoms with E-state index in [1.54, 1.807) is 11.3 Å². The molecule has 1 aromatic carbocycles. The molecule has 0 N–H and O–H groups in total. The third-order valence-electron chi connectivity index (χ3n) is 3.76. The predicted molar refractivity (Wildman–Crippen MR) is 78.6 cm³/mol. The maximum absolute atomic E-state index is 5.85. The van der Waals surface area contributed by atoms with E-state index in [9.17, 15) is 0 Å². The Morgan fingerprint density at radius 3 is 2.71 bits per heavy atom. The lowest BCUT2D eigenvalue weighted by Crippen LogP contribution is -2.18. The van der Waals surface area contributed by atoms with E-state index in [1.165, 1.54) is 10.4 Å². The molecule has 4 nitrogen and oxygen atoms in total. The van der Waals surface area contributed by atoms with Crippen LogP contribution < -0.4 is 4.74 Å². The smallest absolute Gasteiger partial charge is 0.193 e. The zero-order chi connectivity index (χ0) is 14.2. The predicted octanol–water partition coefficient (Wildman–Crippen LogP) is 3.56. The maximum atomic E-state index is 5.85. The molecular formula is C16H16O4S. The molecule has 5 heteroatoms. The minimum atomic E-state index is -0.225. The summed E-state index contributed by atoms with van der Waals surface area (Å²) in [6, 6.07) is 10.2. The van der Waals surface area contributed by atoms with E-state index in [4.69, 9.17) is 18.9 Å². The number of thiophene rings is 1. The molecule has 0 radical (unpaired) electrons. The minimum absolute atomic E-state index is 0.0821. The van der Waals surface area contributed by atoms with Gasteiger partial charge in [-0.05, 0) is 24.6 Å². The summed E-state index contributed by atoms with van der Waals surface area (Å²) in [5.41, 5.74) is 2.24. The van der Waals surface area contributed by atoms with E-state index in [0.717, 1.165) is 16.2 Å². The van der Waals surface area contributed by atoms with Crippen LogP contribution >= 0.6 is 11.3 Å². The summed E-state index contributed by atoms with van der Waals surface area (Å²) in [5, 5.41) is 0. The summed E-state index contributed by atoms with van der Waals surface area (Å²) in [5.74, 6) is 0.897. The van der Waals surface area contributed by atoms with Crippen molar-refractivity contribution < 1.29 is 18.9 Å². The Labute approximate surface area is 127 Å². The molecule has 4 rings (SSSR count). The molecule has 2 aromatic rings. The summed E-state index contributed by atoms with van der Waals surface area (Å²) in [4.78, 5) is 2.33. The van der Waals surface area contributed by atoms with Crippen LogP contribution in [0.2, 0.25) is 0 Å². The maximum Gasteiger partial charge on any atom is 0.193 e. The molecule has 1 atom stereocenters. The average Bonchev–Trinajstić information content (AvgIpc) is 3.16. The molecule has 1 saturated heterocycles. The molecule has 0 amide bonds. The molecule has 0 spiro atoms. The topological polar surface area (TPSA) is 36.9 Å². The summed E-state index contributed by atoms with van der Waals surface area (Å²) >= 11 is 1.71. The van der Waals surface area contributed by atoms with Gasteiger partial charge in [0.2, 0.25) is 0 Å². The number of ether oxygens (including phenoxy) is 4. The van der Waals surface area contributed by atoms with Crippen LogP contribution in [0.3, 0.4) is 0 Å². The van der Waals surface area contributed by atoms with Crippen molar-refractivity contribution in [1.82, 2.24) is 0 Å². The van der Waals surface area contributed by atoms with Gasteiger partial charge in [-0.15, -0.1) is 11.3 Å². The van der Waals surface area contributed by atoms with Gasteiger partial charge in [0.05, 0.1) is 18.1 Å². The van der Waals surface area contributed by atoms with Crippen molar-refractivity contribution >= 4 is 11.3 Å². The molecule has 21 heavy (non-hydrogen) atoms. The molecule has 3 heterocycles. The Balaban J connectivity index is 1.71. The Morgan fingerprint density at radius 2 is 1.86 bits per heavy atom. The highest BCUT2D eigenvalue weighted by atomic mass is 32.1. The van der Waals surface area contributed by atoms with Gasteiger partial charge < -0.3 is 18.9 Å². The van der Waals surface area contributed by atoms with Crippen LogP contribution in [0.4, 0.5) is 0 Å². The van der Waals surface area contributed by atoms with Crippen LogP contribution in [0.1, 0.15) is 33.3 Å². The van der Waals surface area contributed by atoms with Crippen molar-refractivity contribution in [3.8, 4) is 5.75 Å². The third kappa shape index (κ3) is 2.36. The molecule has 2 aliphatic heterocycles.